The van der Waals surface area contributed by atoms with Gasteiger partial charge in [-0.1, -0.05) is 25.1 Å². The summed E-state index contributed by atoms with van der Waals surface area (Å²) in [6.07, 6.45) is -5.03. The van der Waals surface area contributed by atoms with Crippen LogP contribution in [0.15, 0.2) is 48.5 Å². The second-order valence-electron chi connectivity index (χ2n) is 11.7. The maximum atomic E-state index is 14.2. The number of aliphatic hydroxyl groups excluding tert-OH is 1. The van der Waals surface area contributed by atoms with Gasteiger partial charge in [-0.2, -0.15) is 13.2 Å². The summed E-state index contributed by atoms with van der Waals surface area (Å²) in [6, 6.07) is 12.9. The van der Waals surface area contributed by atoms with E-state index in [1.807, 2.05) is 13.8 Å². The van der Waals surface area contributed by atoms with Gasteiger partial charge < -0.3 is 29.7 Å². The van der Waals surface area contributed by atoms with E-state index in [2.05, 4.69) is 5.32 Å². The predicted molar refractivity (Wildman–Crippen MR) is 164 cm³/mol. The van der Waals surface area contributed by atoms with Crippen molar-refractivity contribution < 1.29 is 42.1 Å². The number of nitrogens with zero attached hydrogens (tertiary/aromatic N) is 2. The molecular formula is C33H44F3N3O6. The molecule has 3 rings (SSSR count). The number of hydrogen-bond acceptors (Lipinski definition) is 6. The van der Waals surface area contributed by atoms with Gasteiger partial charge in [-0.15, -0.1) is 0 Å². The van der Waals surface area contributed by atoms with Gasteiger partial charge in [0.25, 0.3) is 11.8 Å². The molecule has 0 aliphatic carbocycles. The van der Waals surface area contributed by atoms with Crippen LogP contribution in [0.4, 0.5) is 18.9 Å². The number of benzene rings is 2. The van der Waals surface area contributed by atoms with Gasteiger partial charge in [0.1, 0.15) is 5.75 Å². The number of nitrogens with one attached hydrogen (secondary N) is 1. The molecule has 4 atom stereocenters. The van der Waals surface area contributed by atoms with Gasteiger partial charge >= 0.3 is 6.18 Å². The highest BCUT2D eigenvalue weighted by Gasteiger charge is 2.32. The summed E-state index contributed by atoms with van der Waals surface area (Å²) < 4.78 is 50.5. The van der Waals surface area contributed by atoms with Crippen molar-refractivity contribution in [3.63, 3.8) is 0 Å². The highest BCUT2D eigenvalue weighted by atomic mass is 19.4. The van der Waals surface area contributed by atoms with Crippen molar-refractivity contribution in [1.29, 1.82) is 0 Å². The third-order valence-electron chi connectivity index (χ3n) is 7.85. The molecule has 1 aliphatic rings. The van der Waals surface area contributed by atoms with E-state index >= 15 is 0 Å². The number of aliphatic hydroxyl groups is 1. The van der Waals surface area contributed by atoms with Crippen LogP contribution in [0.1, 0.15) is 73.6 Å². The molecule has 1 heterocycles. The number of anilines is 1. The van der Waals surface area contributed by atoms with Gasteiger partial charge in [0.2, 0.25) is 5.91 Å². The predicted octanol–water partition coefficient (Wildman–Crippen LogP) is 5.54. The molecular weight excluding hydrogens is 591 g/mol. The third-order valence-corrected chi connectivity index (χ3v) is 7.85. The fourth-order valence-electron chi connectivity index (χ4n) is 5.07. The molecule has 3 amide bonds. The summed E-state index contributed by atoms with van der Waals surface area (Å²) >= 11 is 0. The molecule has 2 aromatic rings. The van der Waals surface area contributed by atoms with E-state index in [-0.39, 0.29) is 43.2 Å². The van der Waals surface area contributed by atoms with Crippen LogP contribution in [0.3, 0.4) is 0 Å². The Hall–Kier alpha value is -3.64. The Morgan fingerprint density at radius 2 is 1.84 bits per heavy atom. The van der Waals surface area contributed by atoms with Gasteiger partial charge in [-0.05, 0) is 63.4 Å². The lowest BCUT2D eigenvalue weighted by Crippen LogP contribution is -2.48. The fourth-order valence-corrected chi connectivity index (χ4v) is 5.07. The number of ether oxygens (including phenoxy) is 2. The second kappa shape index (κ2) is 16.6. The summed E-state index contributed by atoms with van der Waals surface area (Å²) in [5.74, 6) is -1.46. The molecule has 1 aliphatic heterocycles. The van der Waals surface area contributed by atoms with Crippen LogP contribution in [0, 0.1) is 5.92 Å². The first kappa shape index (κ1) is 35.8. The number of alkyl halides is 3. The van der Waals surface area contributed by atoms with E-state index in [1.165, 1.54) is 16.8 Å². The standard InChI is InChI=1S/C33H44F3N3O6/c1-22-19-39(23(2)21-40)32(43)27-18-26(37-31(42)25-11-6-5-7-12-25)13-14-28(27)45-24(3)10-8-9-17-44-29(22)20-38(4)30(41)15-16-33(34,35)36/h5-7,11-14,18,22-24,29,40H,8-10,15-17,19-21H2,1-4H3,(H,37,42)/t22-,23+,24+,29+/m1/s1. The van der Waals surface area contributed by atoms with Crippen molar-refractivity contribution in [3.8, 4) is 5.75 Å². The Bertz CT molecular complexity index is 1280. The molecule has 0 unspecified atom stereocenters. The molecule has 45 heavy (non-hydrogen) atoms. The topological polar surface area (TPSA) is 108 Å². The molecule has 0 radical (unpaired) electrons. The quantitative estimate of drug-likeness (QED) is 0.395. The number of rotatable bonds is 8. The molecule has 0 aromatic heterocycles. The SMILES string of the molecule is C[C@@H]1CN([C@@H](C)CO)C(=O)c2cc(NC(=O)c3ccccc3)ccc2O[C@@H](C)CCCCO[C@H]1CN(C)C(=O)CCC(F)(F)F. The summed E-state index contributed by atoms with van der Waals surface area (Å²) in [6.45, 7) is 5.61. The third kappa shape index (κ3) is 11.0. The lowest BCUT2D eigenvalue weighted by atomic mass is 10.0. The minimum atomic E-state index is -4.44. The number of carbonyl (C=O) groups is 3. The zero-order valence-corrected chi connectivity index (χ0v) is 26.3. The molecule has 2 N–H and O–H groups in total. The molecule has 9 nitrogen and oxygen atoms in total. The number of amides is 3. The van der Waals surface area contributed by atoms with Gasteiger partial charge in [0, 0.05) is 50.3 Å². The maximum absolute atomic E-state index is 14.2. The molecule has 12 heteroatoms. The molecule has 0 fully saturated rings. The zero-order chi connectivity index (χ0) is 33.1. The largest absolute Gasteiger partial charge is 0.490 e. The van der Waals surface area contributed by atoms with Crippen LogP contribution in [0.2, 0.25) is 0 Å². The van der Waals surface area contributed by atoms with Crippen LogP contribution in [-0.2, 0) is 9.53 Å². The van der Waals surface area contributed by atoms with Crippen LogP contribution >= 0.6 is 0 Å². The minimum Gasteiger partial charge on any atom is -0.490 e. The van der Waals surface area contributed by atoms with Crippen LogP contribution in [-0.4, -0.2) is 90.4 Å². The molecule has 0 saturated carbocycles. The normalized spacial score (nSPS) is 20.8. The summed E-state index contributed by atoms with van der Waals surface area (Å²) in [7, 11) is 1.44. The van der Waals surface area contributed by atoms with Crippen molar-refractivity contribution in [2.24, 2.45) is 5.92 Å². The van der Waals surface area contributed by atoms with Crippen molar-refractivity contribution in [2.45, 2.75) is 77.3 Å². The van der Waals surface area contributed by atoms with E-state index in [4.69, 9.17) is 9.47 Å². The van der Waals surface area contributed by atoms with Crippen molar-refractivity contribution >= 4 is 23.4 Å². The highest BCUT2D eigenvalue weighted by Crippen LogP contribution is 2.29. The van der Waals surface area contributed by atoms with Gasteiger partial charge in [-0.25, -0.2) is 0 Å². The van der Waals surface area contributed by atoms with E-state index in [0.29, 0.717) is 36.4 Å². The van der Waals surface area contributed by atoms with Crippen molar-refractivity contribution in [1.82, 2.24) is 9.80 Å². The van der Waals surface area contributed by atoms with E-state index in [1.54, 1.807) is 55.5 Å². The van der Waals surface area contributed by atoms with E-state index in [0.717, 1.165) is 6.42 Å². The van der Waals surface area contributed by atoms with E-state index in [9.17, 15) is 32.7 Å². The Kier molecular flexibility index (Phi) is 13.2. The van der Waals surface area contributed by atoms with E-state index < -0.39 is 43.0 Å². The monoisotopic (exact) mass is 635 g/mol. The van der Waals surface area contributed by atoms with Crippen LogP contribution in [0.25, 0.3) is 0 Å². The first-order valence-corrected chi connectivity index (χ1v) is 15.3. The molecule has 248 valence electrons. The smallest absolute Gasteiger partial charge is 0.389 e. The first-order chi connectivity index (χ1) is 21.3. The first-order valence-electron chi connectivity index (χ1n) is 15.3. The van der Waals surface area contributed by atoms with Crippen molar-refractivity contribution in [2.75, 3.05) is 38.7 Å². The number of halogens is 3. The average molecular weight is 636 g/mol. The zero-order valence-electron chi connectivity index (χ0n) is 26.3. The Morgan fingerprint density at radius 3 is 2.51 bits per heavy atom. The minimum absolute atomic E-state index is 0.0408. The van der Waals surface area contributed by atoms with Gasteiger partial charge in [0.05, 0.1) is 36.8 Å². The Morgan fingerprint density at radius 1 is 1.13 bits per heavy atom. The molecule has 2 aromatic carbocycles. The lowest BCUT2D eigenvalue weighted by molar-refractivity contribution is -0.149. The van der Waals surface area contributed by atoms with Gasteiger partial charge in [-0.3, -0.25) is 14.4 Å². The average Bonchev–Trinajstić information content (AvgIpc) is 3.01. The highest BCUT2D eigenvalue weighted by molar-refractivity contribution is 6.05. The fraction of sp³-hybridized carbons (Fsp3) is 0.545. The molecule has 0 bridgehead atoms. The van der Waals surface area contributed by atoms with Gasteiger partial charge in [0.15, 0.2) is 0 Å². The van der Waals surface area contributed by atoms with Crippen LogP contribution < -0.4 is 10.1 Å². The Balaban J connectivity index is 1.91. The number of likely N-dealkylation sites (N-methyl/N-ethyl adjacent to an activating group) is 1. The summed E-state index contributed by atoms with van der Waals surface area (Å²) in [5.41, 5.74) is 1.04. The number of hydrogen-bond donors (Lipinski definition) is 2. The summed E-state index contributed by atoms with van der Waals surface area (Å²) in [4.78, 5) is 42.3. The number of carbonyl (C=O) groups excluding carboxylic acids is 3. The molecule has 0 spiro atoms. The Labute approximate surface area is 262 Å². The van der Waals surface area contributed by atoms with Crippen LogP contribution in [0.5, 0.6) is 5.75 Å². The second-order valence-corrected chi connectivity index (χ2v) is 11.7. The van der Waals surface area contributed by atoms with Crippen molar-refractivity contribution in [3.05, 3.63) is 59.7 Å². The molecule has 0 saturated heterocycles. The summed E-state index contributed by atoms with van der Waals surface area (Å²) in [5, 5.41) is 12.9. The lowest BCUT2D eigenvalue weighted by Gasteiger charge is -2.36. The maximum Gasteiger partial charge on any atom is 0.389 e. The number of fused-ring (bicyclic) bond motifs is 1.